The molecule has 9 nitrogen and oxygen atoms in total. The van der Waals surface area contributed by atoms with E-state index in [1.165, 1.54) is 24.7 Å². The minimum atomic E-state index is -4.63. The van der Waals surface area contributed by atoms with Crippen LogP contribution in [0.15, 0.2) is 42.9 Å². The summed E-state index contributed by atoms with van der Waals surface area (Å²) in [6, 6.07) is 8.37. The Labute approximate surface area is 185 Å². The van der Waals surface area contributed by atoms with Gasteiger partial charge in [-0.25, -0.2) is 19.7 Å². The summed E-state index contributed by atoms with van der Waals surface area (Å²) in [6.07, 6.45) is -2.65. The molecular weight excluding hydrogens is 439 g/mol. The zero-order valence-electron chi connectivity index (χ0n) is 16.9. The molecule has 0 saturated carbocycles. The molecule has 1 aromatic carbocycles. The van der Waals surface area contributed by atoms with Crippen LogP contribution < -0.4 is 15.5 Å². The molecule has 4 rings (SSSR count). The van der Waals surface area contributed by atoms with Crippen molar-refractivity contribution >= 4 is 29.1 Å². The number of halogens is 3. The fourth-order valence-corrected chi connectivity index (χ4v) is 3.53. The van der Waals surface area contributed by atoms with Crippen molar-refractivity contribution in [3.05, 3.63) is 65.2 Å². The number of hydrogen-bond acceptors (Lipinski definition) is 7. The summed E-state index contributed by atoms with van der Waals surface area (Å²) in [4.78, 5) is 25.1. The van der Waals surface area contributed by atoms with E-state index in [1.54, 1.807) is 23.1 Å². The molecule has 0 fully saturated rings. The predicted octanol–water partition coefficient (Wildman–Crippen LogP) is 4.16. The molecule has 3 N–H and O–H groups in total. The lowest BCUT2D eigenvalue weighted by Gasteiger charge is -2.31. The molecular formula is C21H16F3N7O2. The molecule has 2 aromatic heterocycles. The van der Waals surface area contributed by atoms with E-state index in [0.717, 1.165) is 11.6 Å². The minimum absolute atomic E-state index is 0.268. The topological polar surface area (TPSA) is 127 Å². The maximum Gasteiger partial charge on any atom is 0.417 e. The van der Waals surface area contributed by atoms with Gasteiger partial charge in [0.25, 0.3) is 0 Å². The first-order chi connectivity index (χ1) is 15.7. The van der Waals surface area contributed by atoms with Gasteiger partial charge >= 0.3 is 12.3 Å². The third-order valence-electron chi connectivity index (χ3n) is 5.06. The van der Waals surface area contributed by atoms with E-state index >= 15 is 0 Å². The van der Waals surface area contributed by atoms with Crippen molar-refractivity contribution in [1.29, 1.82) is 5.26 Å². The van der Waals surface area contributed by atoms with E-state index in [-0.39, 0.29) is 6.54 Å². The first-order valence-electron chi connectivity index (χ1n) is 9.66. The van der Waals surface area contributed by atoms with Gasteiger partial charge in [0, 0.05) is 17.8 Å². The Morgan fingerprint density at radius 2 is 2.00 bits per heavy atom. The number of amides is 1. The van der Waals surface area contributed by atoms with Crippen LogP contribution in [0.4, 0.5) is 41.0 Å². The third kappa shape index (κ3) is 4.77. The second-order valence-corrected chi connectivity index (χ2v) is 7.15. The van der Waals surface area contributed by atoms with Gasteiger partial charge in [-0.05, 0) is 36.8 Å². The van der Waals surface area contributed by atoms with Crippen molar-refractivity contribution < 1.29 is 23.1 Å². The highest BCUT2D eigenvalue weighted by Gasteiger charge is 2.34. The molecule has 12 heteroatoms. The van der Waals surface area contributed by atoms with Crippen LogP contribution in [0.25, 0.3) is 0 Å². The van der Waals surface area contributed by atoms with Crippen molar-refractivity contribution in [1.82, 2.24) is 15.0 Å². The summed E-state index contributed by atoms with van der Waals surface area (Å²) < 4.78 is 40.0. The molecule has 33 heavy (non-hydrogen) atoms. The summed E-state index contributed by atoms with van der Waals surface area (Å²) >= 11 is 0. The number of nitriles is 1. The van der Waals surface area contributed by atoms with E-state index in [9.17, 15) is 18.0 Å². The first-order valence-corrected chi connectivity index (χ1v) is 9.66. The number of nitrogens with one attached hydrogen (secondary N) is 2. The molecule has 0 aliphatic carbocycles. The van der Waals surface area contributed by atoms with Gasteiger partial charge in [0.1, 0.15) is 18.0 Å². The van der Waals surface area contributed by atoms with Gasteiger partial charge in [-0.2, -0.15) is 18.4 Å². The quantitative estimate of drug-likeness (QED) is 0.535. The Hall–Kier alpha value is -4.40. The molecule has 168 valence electrons. The number of nitrogens with zero attached hydrogens (tertiary/aromatic N) is 5. The highest BCUT2D eigenvalue weighted by Crippen LogP contribution is 2.36. The Morgan fingerprint density at radius 3 is 2.67 bits per heavy atom. The van der Waals surface area contributed by atoms with Crippen LogP contribution in [0.2, 0.25) is 0 Å². The minimum Gasteiger partial charge on any atom is -0.465 e. The standard InChI is InChI=1S/C21H16F3N7O2/c22-21(23,24)16-7-14(3-1-12(16)8-25)31-6-5-15-17(10-31)27-11-28-19(15)30-18-4-2-13(9-26-18)29-20(32)33/h1-4,7,9,11,29H,5-6,10H2,(H,32,33)(H,26,27,28,30). The summed E-state index contributed by atoms with van der Waals surface area (Å²) in [7, 11) is 0. The molecule has 0 atom stereocenters. The zero-order valence-corrected chi connectivity index (χ0v) is 16.9. The number of carboxylic acid groups (broad SMARTS) is 1. The first kappa shape index (κ1) is 21.8. The molecule has 0 bridgehead atoms. The average Bonchev–Trinajstić information content (AvgIpc) is 2.79. The van der Waals surface area contributed by atoms with Crippen molar-refractivity contribution in [2.75, 3.05) is 22.1 Å². The SMILES string of the molecule is N#Cc1ccc(N2CCc3c(ncnc3Nc3ccc(NC(=O)O)cn3)C2)cc1C(F)(F)F. The maximum absolute atomic E-state index is 13.3. The third-order valence-corrected chi connectivity index (χ3v) is 5.06. The van der Waals surface area contributed by atoms with E-state index in [0.29, 0.717) is 41.7 Å². The van der Waals surface area contributed by atoms with Gasteiger partial charge in [0.05, 0.1) is 41.3 Å². The van der Waals surface area contributed by atoms with Gasteiger partial charge in [0.15, 0.2) is 0 Å². The van der Waals surface area contributed by atoms with E-state index in [1.807, 2.05) is 0 Å². The number of rotatable bonds is 4. The molecule has 0 saturated heterocycles. The number of alkyl halides is 3. The lowest BCUT2D eigenvalue weighted by molar-refractivity contribution is -0.137. The van der Waals surface area contributed by atoms with Crippen LogP contribution in [-0.2, 0) is 19.1 Å². The van der Waals surface area contributed by atoms with Crippen molar-refractivity contribution in [3.8, 4) is 6.07 Å². The Balaban J connectivity index is 1.55. The van der Waals surface area contributed by atoms with Gasteiger partial charge in [-0.3, -0.25) is 5.32 Å². The number of hydrogen-bond donors (Lipinski definition) is 3. The Morgan fingerprint density at radius 1 is 1.18 bits per heavy atom. The molecule has 0 spiro atoms. The number of pyridine rings is 1. The van der Waals surface area contributed by atoms with Gasteiger partial charge < -0.3 is 15.3 Å². The molecule has 3 heterocycles. The maximum atomic E-state index is 13.3. The molecule has 0 unspecified atom stereocenters. The Bertz CT molecular complexity index is 1240. The second-order valence-electron chi connectivity index (χ2n) is 7.15. The highest BCUT2D eigenvalue weighted by atomic mass is 19.4. The average molecular weight is 455 g/mol. The smallest absolute Gasteiger partial charge is 0.417 e. The van der Waals surface area contributed by atoms with Crippen molar-refractivity contribution in [2.24, 2.45) is 0 Å². The molecule has 1 amide bonds. The summed E-state index contributed by atoms with van der Waals surface area (Å²) in [5.41, 5.74) is 0.742. The predicted molar refractivity (Wildman–Crippen MR) is 112 cm³/mol. The summed E-state index contributed by atoms with van der Waals surface area (Å²) in [5, 5.41) is 23.0. The number of aromatic nitrogens is 3. The number of anilines is 4. The largest absolute Gasteiger partial charge is 0.465 e. The van der Waals surface area contributed by atoms with Crippen LogP contribution >= 0.6 is 0 Å². The lowest BCUT2D eigenvalue weighted by Crippen LogP contribution is -2.32. The molecule has 0 radical (unpaired) electrons. The van der Waals surface area contributed by atoms with Gasteiger partial charge in [-0.15, -0.1) is 0 Å². The van der Waals surface area contributed by atoms with E-state index in [4.69, 9.17) is 10.4 Å². The van der Waals surface area contributed by atoms with Crippen LogP contribution in [0.3, 0.4) is 0 Å². The second kappa shape index (κ2) is 8.62. The van der Waals surface area contributed by atoms with Crippen molar-refractivity contribution in [3.63, 3.8) is 0 Å². The normalized spacial score (nSPS) is 13.1. The molecule has 1 aliphatic heterocycles. The summed E-state index contributed by atoms with van der Waals surface area (Å²) in [5.74, 6) is 0.957. The van der Waals surface area contributed by atoms with Crippen LogP contribution in [0.5, 0.6) is 0 Å². The van der Waals surface area contributed by atoms with E-state index in [2.05, 4.69) is 25.6 Å². The van der Waals surface area contributed by atoms with Crippen LogP contribution in [-0.4, -0.2) is 32.7 Å². The Kier molecular flexibility index (Phi) is 5.70. The van der Waals surface area contributed by atoms with Gasteiger partial charge in [0.2, 0.25) is 0 Å². The van der Waals surface area contributed by atoms with Gasteiger partial charge in [-0.1, -0.05) is 0 Å². The fourth-order valence-electron chi connectivity index (χ4n) is 3.53. The highest BCUT2D eigenvalue weighted by molar-refractivity contribution is 5.82. The zero-order chi connectivity index (χ0) is 23.6. The number of fused-ring (bicyclic) bond motifs is 1. The number of benzene rings is 1. The van der Waals surface area contributed by atoms with E-state index < -0.39 is 23.4 Å². The van der Waals surface area contributed by atoms with Crippen LogP contribution in [0, 0.1) is 11.3 Å². The fraction of sp³-hybridized carbons (Fsp3) is 0.190. The molecule has 3 aromatic rings. The lowest BCUT2D eigenvalue weighted by atomic mass is 10.0. The summed E-state index contributed by atoms with van der Waals surface area (Å²) in [6.45, 7) is 0.692. The molecule has 1 aliphatic rings. The van der Waals surface area contributed by atoms with Crippen molar-refractivity contribution in [2.45, 2.75) is 19.1 Å². The number of carbonyl (C=O) groups is 1. The van der Waals surface area contributed by atoms with Crippen LogP contribution in [0.1, 0.15) is 22.4 Å². The monoisotopic (exact) mass is 455 g/mol.